The van der Waals surface area contributed by atoms with Crippen LogP contribution in [-0.4, -0.2) is 5.78 Å². The largest absolute Gasteiger partial charge is 0.299 e. The average molecular weight is 214 g/mol. The summed E-state index contributed by atoms with van der Waals surface area (Å²) in [6, 6.07) is 6.49. The second-order valence-corrected chi connectivity index (χ2v) is 5.31. The van der Waals surface area contributed by atoms with Crippen molar-refractivity contribution >= 4 is 5.78 Å². The summed E-state index contributed by atoms with van der Waals surface area (Å²) >= 11 is 0. The van der Waals surface area contributed by atoms with Crippen LogP contribution in [0.25, 0.3) is 0 Å². The van der Waals surface area contributed by atoms with E-state index in [0.29, 0.717) is 5.78 Å². The SMILES string of the molecule is Cc1cccc2c1CCC(=O)C21CCCC1. The number of rotatable bonds is 0. The molecule has 3 rings (SSSR count). The lowest BCUT2D eigenvalue weighted by Crippen LogP contribution is -2.37. The van der Waals surface area contributed by atoms with Gasteiger partial charge in [-0.3, -0.25) is 4.79 Å². The molecule has 0 N–H and O–H groups in total. The van der Waals surface area contributed by atoms with E-state index in [1.54, 1.807) is 0 Å². The van der Waals surface area contributed by atoms with Crippen molar-refractivity contribution in [2.45, 2.75) is 50.9 Å². The molecule has 0 saturated heterocycles. The number of fused-ring (bicyclic) bond motifs is 2. The Bertz CT molecular complexity index is 439. The van der Waals surface area contributed by atoms with Gasteiger partial charge in [0.2, 0.25) is 0 Å². The van der Waals surface area contributed by atoms with Crippen molar-refractivity contribution < 1.29 is 4.79 Å². The van der Waals surface area contributed by atoms with Crippen molar-refractivity contribution in [2.24, 2.45) is 0 Å². The molecule has 0 bridgehead atoms. The molecule has 2 aliphatic carbocycles. The zero-order chi connectivity index (χ0) is 11.2. The van der Waals surface area contributed by atoms with Crippen LogP contribution in [0, 0.1) is 6.92 Å². The molecule has 84 valence electrons. The van der Waals surface area contributed by atoms with Crippen LogP contribution in [0.15, 0.2) is 18.2 Å². The van der Waals surface area contributed by atoms with Crippen LogP contribution in [0.1, 0.15) is 48.8 Å². The van der Waals surface area contributed by atoms with E-state index < -0.39 is 0 Å². The molecule has 0 aliphatic heterocycles. The van der Waals surface area contributed by atoms with Crippen LogP contribution in [-0.2, 0) is 16.6 Å². The summed E-state index contributed by atoms with van der Waals surface area (Å²) in [6.45, 7) is 2.18. The first-order valence-electron chi connectivity index (χ1n) is 6.36. The van der Waals surface area contributed by atoms with Crippen LogP contribution >= 0.6 is 0 Å². The molecule has 1 aromatic rings. The fraction of sp³-hybridized carbons (Fsp3) is 0.533. The van der Waals surface area contributed by atoms with Crippen molar-refractivity contribution in [1.82, 2.24) is 0 Å². The van der Waals surface area contributed by atoms with E-state index in [1.807, 2.05) is 0 Å². The number of benzene rings is 1. The van der Waals surface area contributed by atoms with Crippen LogP contribution < -0.4 is 0 Å². The van der Waals surface area contributed by atoms with Gasteiger partial charge < -0.3 is 0 Å². The van der Waals surface area contributed by atoms with Gasteiger partial charge in [0.15, 0.2) is 0 Å². The molecular formula is C15H18O. The van der Waals surface area contributed by atoms with Crippen LogP contribution in [0.4, 0.5) is 0 Å². The zero-order valence-electron chi connectivity index (χ0n) is 9.88. The number of ketones is 1. The molecule has 1 nitrogen and oxygen atoms in total. The minimum Gasteiger partial charge on any atom is -0.299 e. The third-order valence-corrected chi connectivity index (χ3v) is 4.52. The van der Waals surface area contributed by atoms with Gasteiger partial charge in [0.05, 0.1) is 5.41 Å². The van der Waals surface area contributed by atoms with Crippen LogP contribution in [0.5, 0.6) is 0 Å². The molecule has 0 unspecified atom stereocenters. The predicted octanol–water partition coefficient (Wildman–Crippen LogP) is 3.32. The maximum absolute atomic E-state index is 12.3. The summed E-state index contributed by atoms with van der Waals surface area (Å²) in [6.07, 6.45) is 6.34. The van der Waals surface area contributed by atoms with Crippen molar-refractivity contribution in [3.63, 3.8) is 0 Å². The maximum atomic E-state index is 12.3. The molecule has 0 atom stereocenters. The van der Waals surface area contributed by atoms with E-state index in [2.05, 4.69) is 25.1 Å². The lowest BCUT2D eigenvalue weighted by Gasteiger charge is -2.35. The highest BCUT2D eigenvalue weighted by Gasteiger charge is 2.45. The second kappa shape index (κ2) is 3.44. The summed E-state index contributed by atoms with van der Waals surface area (Å²) < 4.78 is 0. The van der Waals surface area contributed by atoms with Gasteiger partial charge in [-0.25, -0.2) is 0 Å². The van der Waals surface area contributed by atoms with E-state index in [4.69, 9.17) is 0 Å². The monoisotopic (exact) mass is 214 g/mol. The first-order valence-corrected chi connectivity index (χ1v) is 6.36. The number of Topliss-reactive ketones (excluding diaryl/α,β-unsaturated/α-hetero) is 1. The van der Waals surface area contributed by atoms with Gasteiger partial charge in [0, 0.05) is 6.42 Å². The van der Waals surface area contributed by atoms with Crippen molar-refractivity contribution in [3.8, 4) is 0 Å². The Morgan fingerprint density at radius 3 is 2.62 bits per heavy atom. The Balaban J connectivity index is 2.20. The van der Waals surface area contributed by atoms with E-state index in [0.717, 1.165) is 25.7 Å². The molecule has 1 spiro atoms. The fourth-order valence-corrected chi connectivity index (χ4v) is 3.64. The summed E-state index contributed by atoms with van der Waals surface area (Å²) in [5.74, 6) is 0.503. The molecule has 1 aromatic carbocycles. The van der Waals surface area contributed by atoms with Gasteiger partial charge in [-0.15, -0.1) is 0 Å². The smallest absolute Gasteiger partial charge is 0.143 e. The molecule has 1 saturated carbocycles. The summed E-state index contributed by atoms with van der Waals surface area (Å²) in [5, 5.41) is 0. The minimum absolute atomic E-state index is 0.0837. The third-order valence-electron chi connectivity index (χ3n) is 4.52. The molecule has 1 fully saturated rings. The van der Waals surface area contributed by atoms with E-state index in [9.17, 15) is 4.79 Å². The van der Waals surface area contributed by atoms with Crippen molar-refractivity contribution in [3.05, 3.63) is 34.9 Å². The standard InChI is InChI=1S/C15H18O/c1-11-5-4-6-13-12(11)7-8-14(16)15(13)9-2-3-10-15/h4-6H,2-3,7-10H2,1H3. The highest BCUT2D eigenvalue weighted by atomic mass is 16.1. The number of hydrogen-bond acceptors (Lipinski definition) is 1. The lowest BCUT2D eigenvalue weighted by atomic mass is 9.67. The van der Waals surface area contributed by atoms with Crippen molar-refractivity contribution in [2.75, 3.05) is 0 Å². The van der Waals surface area contributed by atoms with Crippen LogP contribution in [0.2, 0.25) is 0 Å². The molecule has 0 aromatic heterocycles. The topological polar surface area (TPSA) is 17.1 Å². The van der Waals surface area contributed by atoms with Gasteiger partial charge in [-0.2, -0.15) is 0 Å². The van der Waals surface area contributed by atoms with E-state index in [-0.39, 0.29) is 5.41 Å². The second-order valence-electron chi connectivity index (χ2n) is 5.31. The van der Waals surface area contributed by atoms with Gasteiger partial charge >= 0.3 is 0 Å². The number of hydrogen-bond donors (Lipinski definition) is 0. The van der Waals surface area contributed by atoms with Gasteiger partial charge in [0.25, 0.3) is 0 Å². The third kappa shape index (κ3) is 1.20. The molecule has 1 heteroatoms. The molecular weight excluding hydrogens is 196 g/mol. The van der Waals surface area contributed by atoms with Gasteiger partial charge in [0.1, 0.15) is 5.78 Å². The Labute approximate surface area is 96.9 Å². The number of carbonyl (C=O) groups is 1. The highest BCUT2D eigenvalue weighted by Crippen LogP contribution is 2.47. The number of aryl methyl sites for hydroxylation is 1. The molecule has 0 heterocycles. The Kier molecular flexibility index (Phi) is 2.17. The molecule has 16 heavy (non-hydrogen) atoms. The maximum Gasteiger partial charge on any atom is 0.143 e. The Morgan fingerprint density at radius 1 is 1.12 bits per heavy atom. The quantitative estimate of drug-likeness (QED) is 0.647. The summed E-state index contributed by atoms with van der Waals surface area (Å²) in [5.41, 5.74) is 4.11. The zero-order valence-corrected chi connectivity index (χ0v) is 9.88. The van der Waals surface area contributed by atoms with E-state index >= 15 is 0 Å². The average Bonchev–Trinajstić information content (AvgIpc) is 2.75. The summed E-state index contributed by atoms with van der Waals surface area (Å²) in [7, 11) is 0. The normalized spacial score (nSPS) is 22.4. The number of carbonyl (C=O) groups excluding carboxylic acids is 1. The lowest BCUT2D eigenvalue weighted by molar-refractivity contribution is -0.125. The molecule has 0 amide bonds. The predicted molar refractivity (Wildman–Crippen MR) is 64.7 cm³/mol. The van der Waals surface area contributed by atoms with Crippen molar-refractivity contribution in [1.29, 1.82) is 0 Å². The van der Waals surface area contributed by atoms with Crippen LogP contribution in [0.3, 0.4) is 0 Å². The van der Waals surface area contributed by atoms with Gasteiger partial charge in [-0.05, 0) is 42.9 Å². The summed E-state index contributed by atoms with van der Waals surface area (Å²) in [4.78, 5) is 12.3. The molecule has 2 aliphatic rings. The molecule has 0 radical (unpaired) electrons. The highest BCUT2D eigenvalue weighted by molar-refractivity contribution is 5.92. The first kappa shape index (κ1) is 10.1. The minimum atomic E-state index is -0.0837. The first-order chi connectivity index (χ1) is 7.74. The Morgan fingerprint density at radius 2 is 1.88 bits per heavy atom. The fourth-order valence-electron chi connectivity index (χ4n) is 3.64. The van der Waals surface area contributed by atoms with E-state index in [1.165, 1.54) is 29.5 Å². The Hall–Kier alpha value is -1.11. The van der Waals surface area contributed by atoms with Gasteiger partial charge in [-0.1, -0.05) is 31.0 Å².